The van der Waals surface area contributed by atoms with Crippen LogP contribution in [0.4, 0.5) is 0 Å². The molecule has 0 spiro atoms. The average Bonchev–Trinajstić information content (AvgIpc) is 2.45. The topological polar surface area (TPSA) is 65.1 Å². The lowest BCUT2D eigenvalue weighted by Crippen LogP contribution is -2.20. The summed E-state index contributed by atoms with van der Waals surface area (Å²) in [6, 6.07) is 9.25. The van der Waals surface area contributed by atoms with Gasteiger partial charge in [0, 0.05) is 27.4 Å². The van der Waals surface area contributed by atoms with Crippen molar-refractivity contribution in [2.45, 2.75) is 13.5 Å². The van der Waals surface area contributed by atoms with E-state index >= 15 is 0 Å². The molecule has 8 heteroatoms. The van der Waals surface area contributed by atoms with Gasteiger partial charge in [0.15, 0.2) is 0 Å². The molecule has 0 aliphatic carbocycles. The fourth-order valence-corrected chi connectivity index (χ4v) is 5.81. The van der Waals surface area contributed by atoms with Crippen molar-refractivity contribution in [2.24, 2.45) is 0 Å². The Kier molecular flexibility index (Phi) is 6.59. The summed E-state index contributed by atoms with van der Waals surface area (Å²) < 4.78 is 41.6. The molecule has 1 rings (SSSR count). The van der Waals surface area contributed by atoms with Crippen molar-refractivity contribution in [3.63, 3.8) is 0 Å². The van der Waals surface area contributed by atoms with E-state index in [4.69, 9.17) is 13.6 Å². The Morgan fingerprint density at radius 3 is 2.10 bits per heavy atom. The monoisotopic (exact) mass is 321 g/mol. The lowest BCUT2D eigenvalue weighted by molar-refractivity contribution is 0.221. The number of nitrogens with zero attached hydrogens (tertiary/aromatic N) is 1. The highest BCUT2D eigenvalue weighted by atomic mass is 31.2. The minimum absolute atomic E-state index is 0.146. The lowest BCUT2D eigenvalue weighted by atomic mass is 10.2. The smallest absolute Gasteiger partial charge is 0.318 e. The van der Waals surface area contributed by atoms with E-state index in [0.717, 1.165) is 5.56 Å². The van der Waals surface area contributed by atoms with E-state index in [1.165, 1.54) is 25.3 Å². The Bertz CT molecular complexity index is 500. The molecule has 0 radical (unpaired) electrons. The van der Waals surface area contributed by atoms with Crippen LogP contribution in [0.3, 0.4) is 0 Å². The van der Waals surface area contributed by atoms with E-state index < -0.39 is 15.3 Å². The summed E-state index contributed by atoms with van der Waals surface area (Å²) in [6.07, 6.45) is 0. The van der Waals surface area contributed by atoms with Crippen LogP contribution < -0.4 is 0 Å². The number of hydrogen-bond acceptors (Lipinski definition) is 5. The summed E-state index contributed by atoms with van der Waals surface area (Å²) in [6.45, 7) is 3.52. The molecule has 1 unspecified atom stereocenters. The maximum Gasteiger partial charge on any atom is 0.415 e. The molecular formula is C12H21NO5P2. The normalized spacial score (nSPS) is 15.2. The van der Waals surface area contributed by atoms with Crippen LogP contribution in [0.15, 0.2) is 30.3 Å². The molecule has 20 heavy (non-hydrogen) atoms. The molecule has 0 saturated heterocycles. The van der Waals surface area contributed by atoms with Crippen LogP contribution in [-0.4, -0.2) is 31.9 Å². The fourth-order valence-electron chi connectivity index (χ4n) is 1.73. The van der Waals surface area contributed by atoms with Crippen LogP contribution in [-0.2, 0) is 29.2 Å². The van der Waals surface area contributed by atoms with Gasteiger partial charge in [0.05, 0.1) is 6.61 Å². The second-order valence-electron chi connectivity index (χ2n) is 4.07. The van der Waals surface area contributed by atoms with Gasteiger partial charge in [0.1, 0.15) is 0 Å². The summed E-state index contributed by atoms with van der Waals surface area (Å²) >= 11 is 0. The zero-order chi connectivity index (χ0) is 15.2. The molecule has 1 aromatic rings. The number of rotatable bonds is 8. The zero-order valence-corrected chi connectivity index (χ0v) is 14.0. The summed E-state index contributed by atoms with van der Waals surface area (Å²) in [4.78, 5) is 0. The largest absolute Gasteiger partial charge is 0.415 e. The van der Waals surface area contributed by atoms with Crippen LogP contribution >= 0.6 is 15.3 Å². The van der Waals surface area contributed by atoms with Crippen LogP contribution in [0, 0.1) is 0 Å². The van der Waals surface area contributed by atoms with Gasteiger partial charge in [-0.05, 0) is 12.5 Å². The highest BCUT2D eigenvalue weighted by Gasteiger charge is 2.42. The molecular weight excluding hydrogens is 300 g/mol. The summed E-state index contributed by atoms with van der Waals surface area (Å²) in [5.41, 5.74) is 0.837. The van der Waals surface area contributed by atoms with Crippen molar-refractivity contribution in [2.75, 3.05) is 27.5 Å². The van der Waals surface area contributed by atoms with E-state index in [-0.39, 0.29) is 13.2 Å². The molecule has 0 bridgehead atoms. The van der Waals surface area contributed by atoms with Gasteiger partial charge >= 0.3 is 7.75 Å². The zero-order valence-electron chi connectivity index (χ0n) is 12.2. The standard InChI is InChI=1S/C12H21NO5P2/c1-5-18-19(4,14)13(20(15,16-2)17-3)11-12-9-7-6-8-10-12/h6-10H,5,11H2,1-4H3. The van der Waals surface area contributed by atoms with E-state index in [1.807, 2.05) is 30.3 Å². The third-order valence-corrected chi connectivity index (χ3v) is 7.68. The third-order valence-electron chi connectivity index (χ3n) is 2.70. The Morgan fingerprint density at radius 2 is 1.65 bits per heavy atom. The van der Waals surface area contributed by atoms with Crippen molar-refractivity contribution in [1.82, 2.24) is 4.44 Å². The molecule has 0 heterocycles. The summed E-state index contributed by atoms with van der Waals surface area (Å²) in [7, 11) is -4.45. The first-order valence-electron chi connectivity index (χ1n) is 6.15. The first-order valence-corrected chi connectivity index (χ1v) is 9.67. The predicted molar refractivity (Wildman–Crippen MR) is 78.8 cm³/mol. The van der Waals surface area contributed by atoms with Crippen molar-refractivity contribution < 1.29 is 22.7 Å². The Labute approximate surface area is 120 Å². The maximum atomic E-state index is 12.7. The minimum Gasteiger partial charge on any atom is -0.318 e. The summed E-state index contributed by atoms with van der Waals surface area (Å²) in [5, 5.41) is 0. The van der Waals surface area contributed by atoms with Crippen molar-refractivity contribution >= 4 is 15.3 Å². The van der Waals surface area contributed by atoms with E-state index in [9.17, 15) is 9.13 Å². The van der Waals surface area contributed by atoms with Crippen molar-refractivity contribution in [1.29, 1.82) is 0 Å². The fraction of sp³-hybridized carbons (Fsp3) is 0.500. The first kappa shape index (κ1) is 17.6. The number of benzene rings is 1. The lowest BCUT2D eigenvalue weighted by Gasteiger charge is -2.32. The Balaban J connectivity index is 3.15. The molecule has 0 aliphatic heterocycles. The van der Waals surface area contributed by atoms with Crippen LogP contribution in [0.25, 0.3) is 0 Å². The van der Waals surface area contributed by atoms with Gasteiger partial charge in [0.2, 0.25) is 0 Å². The second kappa shape index (κ2) is 7.51. The Hall–Kier alpha value is -0.480. The van der Waals surface area contributed by atoms with Crippen molar-refractivity contribution in [3.05, 3.63) is 35.9 Å². The molecule has 0 N–H and O–H groups in total. The molecule has 6 nitrogen and oxygen atoms in total. The van der Waals surface area contributed by atoms with Crippen LogP contribution in [0.2, 0.25) is 0 Å². The van der Waals surface area contributed by atoms with E-state index in [1.54, 1.807) is 6.92 Å². The molecule has 0 saturated carbocycles. The van der Waals surface area contributed by atoms with Gasteiger partial charge in [-0.3, -0.25) is 13.6 Å². The molecule has 0 aromatic heterocycles. The van der Waals surface area contributed by atoms with Crippen LogP contribution in [0.5, 0.6) is 0 Å². The molecule has 0 aliphatic rings. The maximum absolute atomic E-state index is 12.7. The van der Waals surface area contributed by atoms with Crippen molar-refractivity contribution in [3.8, 4) is 0 Å². The van der Waals surface area contributed by atoms with Gasteiger partial charge in [-0.15, -0.1) is 4.44 Å². The van der Waals surface area contributed by atoms with Crippen LogP contribution in [0.1, 0.15) is 12.5 Å². The van der Waals surface area contributed by atoms with Gasteiger partial charge in [-0.25, -0.2) is 4.57 Å². The van der Waals surface area contributed by atoms with Gasteiger partial charge in [-0.2, -0.15) is 0 Å². The highest BCUT2D eigenvalue weighted by molar-refractivity contribution is 7.69. The second-order valence-corrected chi connectivity index (χ2v) is 8.88. The SMILES string of the molecule is CCOP(C)(=O)N(Cc1ccccc1)P(=O)(OC)OC. The molecule has 1 aromatic carbocycles. The third kappa shape index (κ3) is 4.26. The predicted octanol–water partition coefficient (Wildman–Crippen LogP) is 3.75. The van der Waals surface area contributed by atoms with Gasteiger partial charge in [-0.1, -0.05) is 30.3 Å². The molecule has 1 atom stereocenters. The Morgan fingerprint density at radius 1 is 1.10 bits per heavy atom. The number of hydrogen-bond donors (Lipinski definition) is 0. The quantitative estimate of drug-likeness (QED) is 0.679. The molecule has 0 amide bonds. The minimum atomic E-state index is -3.66. The molecule has 114 valence electrons. The summed E-state index contributed by atoms with van der Waals surface area (Å²) in [5.74, 6) is 0. The van der Waals surface area contributed by atoms with Gasteiger partial charge in [0.25, 0.3) is 7.52 Å². The van der Waals surface area contributed by atoms with Gasteiger partial charge < -0.3 is 4.52 Å². The average molecular weight is 321 g/mol. The van der Waals surface area contributed by atoms with E-state index in [0.29, 0.717) is 0 Å². The molecule has 0 fully saturated rings. The first-order chi connectivity index (χ1) is 9.39. The van der Waals surface area contributed by atoms with E-state index in [2.05, 4.69) is 0 Å². The highest BCUT2D eigenvalue weighted by Crippen LogP contribution is 2.66.